The first-order valence-corrected chi connectivity index (χ1v) is 25.1. The highest BCUT2D eigenvalue weighted by molar-refractivity contribution is 5.81. The van der Waals surface area contributed by atoms with Gasteiger partial charge >= 0.3 is 0 Å². The van der Waals surface area contributed by atoms with Crippen LogP contribution in [0.4, 0.5) is 45.5 Å². The predicted octanol–water partition coefficient (Wildman–Crippen LogP) is 18.6. The Bertz CT molecular complexity index is 3240. The molecule has 0 atom stereocenters. The average Bonchev–Trinajstić information content (AvgIpc) is 3.90. The maximum Gasteiger partial charge on any atom is 0.0464 e. The van der Waals surface area contributed by atoms with E-state index < -0.39 is 0 Å². The summed E-state index contributed by atoms with van der Waals surface area (Å²) >= 11 is 0. The molecule has 0 saturated carbocycles. The minimum atomic E-state index is 0.816. The van der Waals surface area contributed by atoms with Crippen LogP contribution in [-0.2, 0) is 0 Å². The van der Waals surface area contributed by atoms with E-state index in [4.69, 9.17) is 0 Å². The molecule has 10 rings (SSSR count). The lowest BCUT2D eigenvalue weighted by Gasteiger charge is -2.30. The van der Waals surface area contributed by atoms with Crippen molar-refractivity contribution in [1.29, 1.82) is 0 Å². The molecule has 0 unspecified atom stereocenters. The number of hydrogen-bond acceptors (Lipinski definition) is 4. The van der Waals surface area contributed by atoms with Crippen LogP contribution in [0.2, 0.25) is 0 Å². The molecular weight excluding hydrogens is 861 g/mol. The highest BCUT2D eigenvalue weighted by Crippen LogP contribution is 2.41. The van der Waals surface area contributed by atoms with E-state index in [1.165, 1.54) is 50.5 Å². The van der Waals surface area contributed by atoms with Gasteiger partial charge in [0.1, 0.15) is 0 Å². The summed E-state index contributed by atoms with van der Waals surface area (Å²) in [6.45, 7) is 8.73. The summed E-state index contributed by atoms with van der Waals surface area (Å²) < 4.78 is 0. The topological polar surface area (TPSA) is 13.0 Å². The van der Waals surface area contributed by atoms with Gasteiger partial charge in [-0.1, -0.05) is 115 Å². The number of aryl methyl sites for hydroxylation is 2. The maximum absolute atomic E-state index is 2.39. The molecule has 350 valence electrons. The highest BCUT2D eigenvalue weighted by atomic mass is 15.2. The summed E-state index contributed by atoms with van der Waals surface area (Å²) in [7, 11) is 0. The molecule has 71 heavy (non-hydrogen) atoms. The molecule has 4 heteroatoms. The van der Waals surface area contributed by atoms with Gasteiger partial charge in [0, 0.05) is 68.3 Å². The fraction of sp³-hybridized carbons (Fsp3) is 0.134. The zero-order valence-corrected chi connectivity index (χ0v) is 41.4. The van der Waals surface area contributed by atoms with Crippen molar-refractivity contribution >= 4 is 51.1 Å². The van der Waals surface area contributed by atoms with Crippen molar-refractivity contribution in [1.82, 2.24) is 0 Å². The van der Waals surface area contributed by atoms with Crippen LogP contribution in [0, 0.1) is 13.8 Å². The largest absolute Gasteiger partial charge is 0.311 e. The molecule has 0 aliphatic heterocycles. The number of nitrogens with zero attached hydrogens (tertiary/aromatic N) is 4. The molecule has 0 fully saturated rings. The third-order valence-electron chi connectivity index (χ3n) is 13.3. The quantitative estimate of drug-likeness (QED) is 0.114. The molecule has 0 saturated heterocycles. The molecular formula is C67H62N4. The molecule has 0 heterocycles. The van der Waals surface area contributed by atoms with Gasteiger partial charge in [-0.25, -0.2) is 0 Å². The fourth-order valence-electron chi connectivity index (χ4n) is 9.85. The summed E-state index contributed by atoms with van der Waals surface area (Å²) in [6, 6.07) is 55.4. The number of para-hydroxylation sites is 1. The van der Waals surface area contributed by atoms with E-state index in [9.17, 15) is 0 Å². The normalized spacial score (nSPS) is 15.4. The van der Waals surface area contributed by atoms with Crippen molar-refractivity contribution in [3.63, 3.8) is 0 Å². The fourth-order valence-corrected chi connectivity index (χ4v) is 9.85. The van der Waals surface area contributed by atoms with Gasteiger partial charge in [0.05, 0.1) is 0 Å². The van der Waals surface area contributed by atoms with Gasteiger partial charge in [-0.15, -0.1) is 0 Å². The minimum Gasteiger partial charge on any atom is -0.311 e. The lowest BCUT2D eigenvalue weighted by Crippen LogP contribution is -2.20. The van der Waals surface area contributed by atoms with Gasteiger partial charge in [0.25, 0.3) is 0 Å². The van der Waals surface area contributed by atoms with Gasteiger partial charge in [-0.3, -0.25) is 0 Å². The van der Waals surface area contributed by atoms with E-state index in [0.717, 1.165) is 83.3 Å². The molecule has 0 bridgehead atoms. The number of allylic oxidation sites excluding steroid dienone is 18. The lowest BCUT2D eigenvalue weighted by molar-refractivity contribution is 0.933. The molecule has 0 spiro atoms. The van der Waals surface area contributed by atoms with Crippen LogP contribution in [0.15, 0.2) is 277 Å². The van der Waals surface area contributed by atoms with Gasteiger partial charge in [-0.05, 0) is 221 Å². The molecule has 0 amide bonds. The second-order valence-electron chi connectivity index (χ2n) is 18.8. The Labute approximate surface area is 421 Å². The molecule has 4 nitrogen and oxygen atoms in total. The predicted molar refractivity (Wildman–Crippen MR) is 304 cm³/mol. The van der Waals surface area contributed by atoms with Crippen LogP contribution in [0.3, 0.4) is 0 Å². The minimum absolute atomic E-state index is 0.816. The molecule has 0 aromatic heterocycles. The molecule has 0 radical (unpaired) electrons. The van der Waals surface area contributed by atoms with Crippen molar-refractivity contribution in [2.75, 3.05) is 19.6 Å². The standard InChI is InChI=1S/C67H62N4/c1-50-18-12-13-27-64(46-50)70(65-29-14-19-51(2)47-65)62-44-40-61(41-45-62)69(57-25-10-7-11-26-57)59-36-33-55(34-37-59)54-22-17-28-58(35-32-54)68(56-23-8-5-6-9-24-56)60-38-42-63(43-39-60)71(66-30-15-20-52(3)48-66)67-31-16-21-53(4)49-67/h5,7-12,14-15,17-20,23-49H,6,13,16,21-22H2,1-4H3. The van der Waals surface area contributed by atoms with E-state index in [2.05, 4.69) is 290 Å². The number of hydrogen-bond donors (Lipinski definition) is 0. The summed E-state index contributed by atoms with van der Waals surface area (Å²) in [5.41, 5.74) is 21.2. The third kappa shape index (κ3) is 10.8. The van der Waals surface area contributed by atoms with E-state index in [-0.39, 0.29) is 0 Å². The second-order valence-corrected chi connectivity index (χ2v) is 18.8. The Kier molecular flexibility index (Phi) is 14.1. The Morgan fingerprint density at radius 1 is 0.380 bits per heavy atom. The van der Waals surface area contributed by atoms with Gasteiger partial charge in [0.15, 0.2) is 0 Å². The Balaban J connectivity index is 0.950. The zero-order valence-electron chi connectivity index (χ0n) is 41.4. The van der Waals surface area contributed by atoms with Gasteiger partial charge in [-0.2, -0.15) is 0 Å². The second kappa shape index (κ2) is 21.5. The summed E-state index contributed by atoms with van der Waals surface area (Å²) in [6.07, 6.45) is 38.7. The SMILES string of the molecule is CC1=CC(N(c2ccc(N(c3ccccc3)c3ccc(C4=CC=C(N(C5=CC=CCC=C5)c5ccc(N(C6=CCCC(C)=C6)c6cccc(C)c6)cc5)C=CC4)cc3)cc2)c2cccc(C)c2)=CCC=C1. The maximum atomic E-state index is 2.39. The Hall–Kier alpha value is -8.34. The molecule has 6 aromatic carbocycles. The van der Waals surface area contributed by atoms with E-state index in [1.807, 2.05) is 0 Å². The first-order valence-electron chi connectivity index (χ1n) is 25.1. The third-order valence-corrected chi connectivity index (χ3v) is 13.3. The van der Waals surface area contributed by atoms with Crippen LogP contribution < -0.4 is 19.6 Å². The zero-order chi connectivity index (χ0) is 48.5. The van der Waals surface area contributed by atoms with Crippen molar-refractivity contribution in [2.45, 2.75) is 59.8 Å². The van der Waals surface area contributed by atoms with Crippen molar-refractivity contribution < 1.29 is 0 Å². The van der Waals surface area contributed by atoms with Crippen LogP contribution in [0.5, 0.6) is 0 Å². The van der Waals surface area contributed by atoms with Crippen molar-refractivity contribution in [3.05, 3.63) is 293 Å². The van der Waals surface area contributed by atoms with Crippen LogP contribution in [-0.4, -0.2) is 0 Å². The van der Waals surface area contributed by atoms with E-state index >= 15 is 0 Å². The molecule has 4 aliphatic carbocycles. The van der Waals surface area contributed by atoms with Crippen LogP contribution in [0.1, 0.15) is 62.6 Å². The summed E-state index contributed by atoms with van der Waals surface area (Å²) in [5.74, 6) is 0. The van der Waals surface area contributed by atoms with Crippen LogP contribution in [0.25, 0.3) is 5.57 Å². The Morgan fingerprint density at radius 3 is 1.55 bits per heavy atom. The number of rotatable bonds is 13. The van der Waals surface area contributed by atoms with Crippen LogP contribution >= 0.6 is 0 Å². The lowest BCUT2D eigenvalue weighted by atomic mass is 10.0. The first-order chi connectivity index (χ1) is 34.8. The van der Waals surface area contributed by atoms with E-state index in [0.29, 0.717) is 0 Å². The smallest absolute Gasteiger partial charge is 0.0464 e. The first kappa shape index (κ1) is 46.4. The van der Waals surface area contributed by atoms with Crippen molar-refractivity contribution in [2.24, 2.45) is 0 Å². The van der Waals surface area contributed by atoms with E-state index in [1.54, 1.807) is 0 Å². The summed E-state index contributed by atoms with van der Waals surface area (Å²) in [5, 5.41) is 0. The number of anilines is 8. The molecule has 6 aromatic rings. The monoisotopic (exact) mass is 922 g/mol. The van der Waals surface area contributed by atoms with Gasteiger partial charge < -0.3 is 19.6 Å². The highest BCUT2D eigenvalue weighted by Gasteiger charge is 2.21. The van der Waals surface area contributed by atoms with Crippen molar-refractivity contribution in [3.8, 4) is 0 Å². The molecule has 0 N–H and O–H groups in total. The Morgan fingerprint density at radius 2 is 0.915 bits per heavy atom. The average molecular weight is 923 g/mol. The number of benzene rings is 6. The van der Waals surface area contributed by atoms with Gasteiger partial charge in [0.2, 0.25) is 0 Å². The molecule has 4 aliphatic rings. The summed E-state index contributed by atoms with van der Waals surface area (Å²) in [4.78, 5) is 9.49.